The maximum Gasteiger partial charge on any atom is 0.263 e. The molecule has 2 amide bonds. The summed E-state index contributed by atoms with van der Waals surface area (Å²) in [4.78, 5) is 31.0. The van der Waals surface area contributed by atoms with Crippen LogP contribution in [0, 0.1) is 6.92 Å². The highest BCUT2D eigenvalue weighted by molar-refractivity contribution is 7.22. The number of thiazole rings is 1. The molecule has 5 nitrogen and oxygen atoms in total. The van der Waals surface area contributed by atoms with Crippen LogP contribution in [0.4, 0.5) is 0 Å². The molecule has 1 N–H and O–H groups in total. The molecule has 0 saturated heterocycles. The first-order valence-electron chi connectivity index (χ1n) is 5.98. The normalized spacial score (nSPS) is 10.3. The van der Waals surface area contributed by atoms with Crippen LogP contribution in [0.1, 0.15) is 15.4 Å². The van der Waals surface area contributed by atoms with Crippen LogP contribution in [0.25, 0.3) is 9.88 Å². The molecule has 2 rings (SSSR count). The lowest BCUT2D eigenvalue weighted by atomic mass is 10.3. The SMILES string of the molecule is Cc1nc(-c2cccs2)sc1C(=O)NCC(=O)N(C)C. The van der Waals surface area contributed by atoms with Crippen LogP contribution >= 0.6 is 22.7 Å². The maximum atomic E-state index is 12.1. The monoisotopic (exact) mass is 309 g/mol. The average Bonchev–Trinajstić information content (AvgIpc) is 3.04. The molecule has 20 heavy (non-hydrogen) atoms. The summed E-state index contributed by atoms with van der Waals surface area (Å²) >= 11 is 2.94. The smallest absolute Gasteiger partial charge is 0.263 e. The highest BCUT2D eigenvalue weighted by atomic mass is 32.1. The lowest BCUT2D eigenvalue weighted by Gasteiger charge is -2.10. The Balaban J connectivity index is 2.09. The zero-order chi connectivity index (χ0) is 14.7. The quantitative estimate of drug-likeness (QED) is 0.939. The van der Waals surface area contributed by atoms with Crippen LogP contribution < -0.4 is 5.32 Å². The number of carbonyl (C=O) groups is 2. The molecule has 0 spiro atoms. The molecule has 0 aliphatic heterocycles. The lowest BCUT2D eigenvalue weighted by molar-refractivity contribution is -0.127. The van der Waals surface area contributed by atoms with E-state index >= 15 is 0 Å². The van der Waals surface area contributed by atoms with Crippen molar-refractivity contribution in [2.75, 3.05) is 20.6 Å². The van der Waals surface area contributed by atoms with Crippen LogP contribution in [-0.4, -0.2) is 42.3 Å². The Kier molecular flexibility index (Phi) is 4.51. The zero-order valence-corrected chi connectivity index (χ0v) is 13.1. The number of carbonyl (C=O) groups excluding carboxylic acids is 2. The number of rotatable bonds is 4. The molecule has 0 bridgehead atoms. The van der Waals surface area contributed by atoms with Crippen LogP contribution in [0.15, 0.2) is 17.5 Å². The summed E-state index contributed by atoms with van der Waals surface area (Å²) in [5, 5.41) is 5.43. The Hall–Kier alpha value is -1.73. The third kappa shape index (κ3) is 3.23. The van der Waals surface area contributed by atoms with E-state index in [2.05, 4.69) is 10.3 Å². The van der Waals surface area contributed by atoms with Crippen LogP contribution in [-0.2, 0) is 4.79 Å². The third-order valence-corrected chi connectivity index (χ3v) is 4.83. The molecule has 0 aromatic carbocycles. The summed E-state index contributed by atoms with van der Waals surface area (Å²) in [7, 11) is 3.31. The molecule has 0 fully saturated rings. The number of nitrogens with zero attached hydrogens (tertiary/aromatic N) is 2. The molecule has 2 heterocycles. The van der Waals surface area contributed by atoms with Gasteiger partial charge in [0.05, 0.1) is 17.1 Å². The second-order valence-corrected chi connectivity index (χ2v) is 6.33. The Morgan fingerprint density at radius 3 is 2.75 bits per heavy atom. The number of hydrogen-bond donors (Lipinski definition) is 1. The van der Waals surface area contributed by atoms with Crippen molar-refractivity contribution >= 4 is 34.5 Å². The van der Waals surface area contributed by atoms with Crippen LogP contribution in [0.3, 0.4) is 0 Å². The second-order valence-electron chi connectivity index (χ2n) is 4.38. The predicted octanol–water partition coefficient (Wildman–Crippen LogP) is 2.00. The summed E-state index contributed by atoms with van der Waals surface area (Å²) in [6, 6.07) is 3.92. The number of hydrogen-bond acceptors (Lipinski definition) is 5. The molecule has 0 unspecified atom stereocenters. The fourth-order valence-electron chi connectivity index (χ4n) is 1.51. The predicted molar refractivity (Wildman–Crippen MR) is 81.2 cm³/mol. The first kappa shape index (κ1) is 14.7. The second kappa shape index (κ2) is 6.15. The van der Waals surface area contributed by atoms with Crippen molar-refractivity contribution in [2.45, 2.75) is 6.92 Å². The van der Waals surface area contributed by atoms with Crippen LogP contribution in [0.5, 0.6) is 0 Å². The van der Waals surface area contributed by atoms with Crippen molar-refractivity contribution < 1.29 is 9.59 Å². The van der Waals surface area contributed by atoms with Gasteiger partial charge in [-0.2, -0.15) is 0 Å². The van der Waals surface area contributed by atoms with E-state index in [1.807, 2.05) is 17.5 Å². The van der Waals surface area contributed by atoms with E-state index in [1.165, 1.54) is 16.2 Å². The number of thiophene rings is 1. The minimum Gasteiger partial charge on any atom is -0.347 e. The van der Waals surface area contributed by atoms with Crippen molar-refractivity contribution in [1.82, 2.24) is 15.2 Å². The molecule has 0 aliphatic rings. The third-order valence-electron chi connectivity index (χ3n) is 2.63. The highest BCUT2D eigenvalue weighted by Gasteiger charge is 2.17. The van der Waals surface area contributed by atoms with Crippen molar-refractivity contribution in [3.05, 3.63) is 28.1 Å². The minimum atomic E-state index is -0.252. The van der Waals surface area contributed by atoms with Crippen molar-refractivity contribution in [2.24, 2.45) is 0 Å². The first-order chi connectivity index (χ1) is 9.49. The largest absolute Gasteiger partial charge is 0.347 e. The Labute approximate surface area is 125 Å². The molecule has 0 radical (unpaired) electrons. The fraction of sp³-hybridized carbons (Fsp3) is 0.308. The van der Waals surface area contributed by atoms with E-state index in [1.54, 1.807) is 32.4 Å². The van der Waals surface area contributed by atoms with Gasteiger partial charge in [-0.1, -0.05) is 6.07 Å². The number of aromatic nitrogens is 1. The highest BCUT2D eigenvalue weighted by Crippen LogP contribution is 2.30. The maximum absolute atomic E-state index is 12.1. The lowest BCUT2D eigenvalue weighted by Crippen LogP contribution is -2.36. The number of likely N-dealkylation sites (N-methyl/N-ethyl adjacent to an activating group) is 1. The van der Waals surface area contributed by atoms with E-state index in [9.17, 15) is 9.59 Å². The number of amides is 2. The van der Waals surface area contributed by atoms with E-state index < -0.39 is 0 Å². The van der Waals surface area contributed by atoms with Gasteiger partial charge in [0.2, 0.25) is 5.91 Å². The molecule has 0 atom stereocenters. The fourth-order valence-corrected chi connectivity index (χ4v) is 3.29. The summed E-state index contributed by atoms with van der Waals surface area (Å²) in [6.45, 7) is 1.80. The topological polar surface area (TPSA) is 62.3 Å². The van der Waals surface area contributed by atoms with Gasteiger partial charge in [0.25, 0.3) is 5.91 Å². The summed E-state index contributed by atoms with van der Waals surface area (Å²) in [6.07, 6.45) is 0. The van der Waals surface area contributed by atoms with Gasteiger partial charge in [-0.05, 0) is 18.4 Å². The van der Waals surface area contributed by atoms with Crippen molar-refractivity contribution in [3.63, 3.8) is 0 Å². The van der Waals surface area contributed by atoms with Crippen molar-refractivity contribution in [1.29, 1.82) is 0 Å². The van der Waals surface area contributed by atoms with Gasteiger partial charge in [-0.3, -0.25) is 9.59 Å². The molecule has 0 aliphatic carbocycles. The molecule has 2 aromatic rings. The van der Waals surface area contributed by atoms with E-state index in [0.29, 0.717) is 10.6 Å². The molecular weight excluding hydrogens is 294 g/mol. The van der Waals surface area contributed by atoms with Crippen LogP contribution in [0.2, 0.25) is 0 Å². The zero-order valence-electron chi connectivity index (χ0n) is 11.5. The van der Waals surface area contributed by atoms with Gasteiger partial charge >= 0.3 is 0 Å². The summed E-state index contributed by atoms with van der Waals surface area (Å²) < 4.78 is 0. The Morgan fingerprint density at radius 1 is 1.40 bits per heavy atom. The Morgan fingerprint density at radius 2 is 2.15 bits per heavy atom. The van der Waals surface area contributed by atoms with Crippen molar-refractivity contribution in [3.8, 4) is 9.88 Å². The van der Waals surface area contributed by atoms with E-state index in [-0.39, 0.29) is 18.4 Å². The summed E-state index contributed by atoms with van der Waals surface area (Å²) in [5.41, 5.74) is 0.688. The molecule has 106 valence electrons. The average molecular weight is 309 g/mol. The number of aryl methyl sites for hydroxylation is 1. The minimum absolute atomic E-state index is 0.00247. The molecule has 0 saturated carbocycles. The van der Waals surface area contributed by atoms with Gasteiger partial charge in [0.15, 0.2) is 0 Å². The van der Waals surface area contributed by atoms with Gasteiger partial charge < -0.3 is 10.2 Å². The Bertz CT molecular complexity index is 618. The first-order valence-corrected chi connectivity index (χ1v) is 7.68. The molecular formula is C13H15N3O2S2. The summed E-state index contributed by atoms with van der Waals surface area (Å²) in [5.74, 6) is -0.392. The van der Waals surface area contributed by atoms with Gasteiger partial charge in [-0.15, -0.1) is 22.7 Å². The van der Waals surface area contributed by atoms with Gasteiger partial charge in [0, 0.05) is 14.1 Å². The van der Waals surface area contributed by atoms with Gasteiger partial charge in [-0.25, -0.2) is 4.98 Å². The van der Waals surface area contributed by atoms with Gasteiger partial charge in [0.1, 0.15) is 9.88 Å². The molecule has 2 aromatic heterocycles. The van der Waals surface area contributed by atoms with E-state index in [4.69, 9.17) is 0 Å². The number of nitrogens with one attached hydrogen (secondary N) is 1. The standard InChI is InChI=1S/C13H15N3O2S2/c1-8-11(12(18)14-7-10(17)16(2)3)20-13(15-8)9-5-4-6-19-9/h4-6H,7H2,1-3H3,(H,14,18). The van der Waals surface area contributed by atoms with E-state index in [0.717, 1.165) is 9.88 Å². The molecule has 7 heteroatoms.